The first kappa shape index (κ1) is 22.2. The maximum absolute atomic E-state index is 11.0. The summed E-state index contributed by atoms with van der Waals surface area (Å²) in [7, 11) is 0. The largest absolute Gasteiger partial charge is 1.00 e. The van der Waals surface area contributed by atoms with Crippen LogP contribution in [-0.2, 0) is 0 Å². The molecule has 1 aromatic carbocycles. The first-order chi connectivity index (χ1) is 7.29. The lowest BCUT2D eigenvalue weighted by molar-refractivity contribution is -0.259. The lowest BCUT2D eigenvalue weighted by atomic mass is 9.89. The molecule has 0 bridgehead atoms. The van der Waals surface area contributed by atoms with E-state index in [4.69, 9.17) is 0 Å². The average Bonchev–Trinajstić information content (AvgIpc) is 2.18. The highest BCUT2D eigenvalue weighted by atomic mass is 16.4. The van der Waals surface area contributed by atoms with Gasteiger partial charge in [-0.05, 0) is 49.9 Å². The van der Waals surface area contributed by atoms with E-state index in [1.54, 1.807) is 27.7 Å². The van der Waals surface area contributed by atoms with Crippen LogP contribution in [-0.4, -0.2) is 11.9 Å². The number of quaternary nitrogens is 3. The van der Waals surface area contributed by atoms with Crippen LogP contribution >= 0.6 is 0 Å². The summed E-state index contributed by atoms with van der Waals surface area (Å²) in [5.41, 5.74) is 1.81. The lowest BCUT2D eigenvalue weighted by Gasteiger charge is -2.21. The maximum atomic E-state index is 11.0. The quantitative estimate of drug-likeness (QED) is 0.722. The summed E-state index contributed by atoms with van der Waals surface area (Å²) < 4.78 is 0. The summed E-state index contributed by atoms with van der Waals surface area (Å²) in [6.45, 7) is 6.64. The van der Waals surface area contributed by atoms with Crippen LogP contribution in [0.25, 0.3) is 0 Å². The van der Waals surface area contributed by atoms with Crippen LogP contribution < -0.4 is 28.7 Å². The van der Waals surface area contributed by atoms with E-state index in [-0.39, 0.29) is 31.0 Å². The first-order valence-corrected chi connectivity index (χ1v) is 4.82. The Bertz CT molecular complexity index is 459. The van der Waals surface area contributed by atoms with Crippen LogP contribution in [0.3, 0.4) is 0 Å². The molecular formula is C12H25N3O4. The van der Waals surface area contributed by atoms with Gasteiger partial charge in [-0.2, -0.15) is 0 Å². The van der Waals surface area contributed by atoms with Gasteiger partial charge in [-0.15, -0.1) is 0 Å². The minimum absolute atomic E-state index is 0. The lowest BCUT2D eigenvalue weighted by Crippen LogP contribution is -2.32. The number of aromatic carboxylic acids is 2. The van der Waals surface area contributed by atoms with Gasteiger partial charge >= 0.3 is 0 Å². The molecule has 0 amide bonds. The van der Waals surface area contributed by atoms with Crippen molar-refractivity contribution < 1.29 is 21.2 Å². The fourth-order valence-corrected chi connectivity index (χ4v) is 1.82. The smallest absolute Gasteiger partial charge is 0.0724 e. The molecular weight excluding hydrogens is 250 g/mol. The second-order valence-corrected chi connectivity index (χ2v) is 3.82. The number of carboxylic acids is 2. The van der Waals surface area contributed by atoms with Crippen LogP contribution in [0.5, 0.6) is 0 Å². The minimum Gasteiger partial charge on any atom is -1.00 e. The predicted molar refractivity (Wildman–Crippen MR) is 73.1 cm³/mol. The second-order valence-electron chi connectivity index (χ2n) is 3.82. The molecule has 0 aliphatic rings. The summed E-state index contributed by atoms with van der Waals surface area (Å²) in [5, 5.41) is 21.9. The van der Waals surface area contributed by atoms with Crippen molar-refractivity contribution in [2.24, 2.45) is 0 Å². The fourth-order valence-electron chi connectivity index (χ4n) is 1.82. The summed E-state index contributed by atoms with van der Waals surface area (Å²) >= 11 is 0. The normalized spacial score (nSPS) is 8.63. The van der Waals surface area contributed by atoms with Crippen LogP contribution in [0.2, 0.25) is 0 Å². The SMILES string of the molecule is Cc1c(C)c(C)c(C(=O)[O-])c(C(=O)[O-])c1C.[H-].[NH4+].[NH4+].[NH4+]. The third-order valence-corrected chi connectivity index (χ3v) is 3.10. The van der Waals surface area contributed by atoms with Gasteiger partial charge in [-0.25, -0.2) is 0 Å². The highest BCUT2D eigenvalue weighted by molar-refractivity contribution is 6.03. The van der Waals surface area contributed by atoms with E-state index < -0.39 is 11.9 Å². The molecule has 0 saturated heterocycles. The Morgan fingerprint density at radius 1 is 0.684 bits per heavy atom. The second kappa shape index (κ2) is 7.47. The van der Waals surface area contributed by atoms with Crippen LogP contribution in [0.4, 0.5) is 0 Å². The van der Waals surface area contributed by atoms with E-state index in [0.717, 1.165) is 11.1 Å². The summed E-state index contributed by atoms with van der Waals surface area (Å²) in [5.74, 6) is -2.97. The van der Waals surface area contributed by atoms with Gasteiger partial charge in [-0.1, -0.05) is 0 Å². The monoisotopic (exact) mass is 275 g/mol. The number of hydrogen-bond donors (Lipinski definition) is 3. The van der Waals surface area contributed by atoms with Gasteiger partial charge in [0.15, 0.2) is 0 Å². The van der Waals surface area contributed by atoms with Gasteiger partial charge in [0.25, 0.3) is 0 Å². The van der Waals surface area contributed by atoms with Crippen molar-refractivity contribution in [3.8, 4) is 0 Å². The van der Waals surface area contributed by atoms with E-state index in [0.29, 0.717) is 11.1 Å². The number of carboxylic acid groups (broad SMARTS) is 2. The average molecular weight is 275 g/mol. The number of carbonyl (C=O) groups excluding carboxylic acids is 2. The third-order valence-electron chi connectivity index (χ3n) is 3.10. The zero-order valence-electron chi connectivity index (χ0n) is 13.6. The van der Waals surface area contributed by atoms with Crippen LogP contribution in [0.15, 0.2) is 0 Å². The minimum atomic E-state index is -1.48. The molecule has 12 N–H and O–H groups in total. The summed E-state index contributed by atoms with van der Waals surface area (Å²) in [6.07, 6.45) is 0. The van der Waals surface area contributed by atoms with Crippen LogP contribution in [0.1, 0.15) is 44.4 Å². The van der Waals surface area contributed by atoms with Gasteiger partial charge in [0, 0.05) is 11.1 Å². The Hall–Kier alpha value is -1.96. The van der Waals surface area contributed by atoms with E-state index >= 15 is 0 Å². The van der Waals surface area contributed by atoms with E-state index in [1.807, 2.05) is 0 Å². The zero-order chi connectivity index (χ0) is 12.6. The molecule has 0 unspecified atom stereocenters. The van der Waals surface area contributed by atoms with Crippen molar-refractivity contribution in [3.05, 3.63) is 33.4 Å². The zero-order valence-corrected chi connectivity index (χ0v) is 12.6. The molecule has 0 fully saturated rings. The molecule has 0 saturated carbocycles. The summed E-state index contributed by atoms with van der Waals surface area (Å²) in [4.78, 5) is 21.9. The Morgan fingerprint density at radius 3 is 1.05 bits per heavy atom. The highest BCUT2D eigenvalue weighted by Crippen LogP contribution is 2.25. The Kier molecular flexibility index (Phi) is 8.74. The Labute approximate surface area is 113 Å². The molecule has 0 spiro atoms. The number of carbonyl (C=O) groups is 2. The van der Waals surface area contributed by atoms with Crippen LogP contribution in [0, 0.1) is 27.7 Å². The molecule has 1 aromatic rings. The van der Waals surface area contributed by atoms with Gasteiger partial charge in [0.1, 0.15) is 0 Å². The molecule has 0 heterocycles. The van der Waals surface area contributed by atoms with E-state index in [2.05, 4.69) is 0 Å². The number of rotatable bonds is 2. The fraction of sp³-hybridized carbons (Fsp3) is 0.333. The highest BCUT2D eigenvalue weighted by Gasteiger charge is 2.16. The number of hydrogen-bond acceptors (Lipinski definition) is 4. The molecule has 7 nitrogen and oxygen atoms in total. The van der Waals surface area contributed by atoms with Gasteiger partial charge in [0.2, 0.25) is 0 Å². The van der Waals surface area contributed by atoms with E-state index in [9.17, 15) is 19.8 Å². The van der Waals surface area contributed by atoms with Gasteiger partial charge in [0.05, 0.1) is 11.9 Å². The van der Waals surface area contributed by atoms with Gasteiger partial charge in [-0.3, -0.25) is 0 Å². The predicted octanol–water partition coefficient (Wildman–Crippen LogP) is 0.888. The number of benzene rings is 1. The molecule has 112 valence electrons. The molecule has 19 heavy (non-hydrogen) atoms. The molecule has 0 aliphatic carbocycles. The van der Waals surface area contributed by atoms with Crippen molar-refractivity contribution in [2.45, 2.75) is 27.7 Å². The van der Waals surface area contributed by atoms with Crippen molar-refractivity contribution in [1.29, 1.82) is 0 Å². The Balaban J connectivity index is -0.000000320. The van der Waals surface area contributed by atoms with Crippen molar-refractivity contribution in [1.82, 2.24) is 18.5 Å². The van der Waals surface area contributed by atoms with Crippen molar-refractivity contribution in [2.75, 3.05) is 0 Å². The van der Waals surface area contributed by atoms with Crippen molar-refractivity contribution >= 4 is 11.9 Å². The standard InChI is InChI=1S/C12H14O4.3H3N.H/c1-5-6(2)8(4)10(12(15)16)9(7(5)3)11(13)14;;;;/h1-4H3,(H,13,14)(H,15,16);3*1H3;/q;;;;-1/p+1. The maximum Gasteiger partial charge on any atom is 0.0724 e. The molecule has 7 heteroatoms. The molecule has 0 aromatic heterocycles. The van der Waals surface area contributed by atoms with Gasteiger partial charge < -0.3 is 39.7 Å². The Morgan fingerprint density at radius 2 is 0.895 bits per heavy atom. The molecule has 1 rings (SSSR count). The molecule has 0 radical (unpaired) electrons. The first-order valence-electron chi connectivity index (χ1n) is 4.82. The molecule has 0 aliphatic heterocycles. The third kappa shape index (κ3) is 3.50. The summed E-state index contributed by atoms with van der Waals surface area (Å²) in [6, 6.07) is 0. The van der Waals surface area contributed by atoms with E-state index in [1.165, 1.54) is 0 Å². The van der Waals surface area contributed by atoms with Crippen molar-refractivity contribution in [3.63, 3.8) is 0 Å². The topological polar surface area (TPSA) is 190 Å². The molecule has 0 atom stereocenters.